The van der Waals surface area contributed by atoms with Crippen molar-refractivity contribution in [3.8, 4) is 23.1 Å². The summed E-state index contributed by atoms with van der Waals surface area (Å²) in [5.74, 6) is 6.18. The number of carbonyl (C=O) groups excluding carboxylic acids is 3. The Morgan fingerprint density at radius 2 is 1.88 bits per heavy atom. The maximum Gasteiger partial charge on any atom is 0.255 e. The second-order valence-corrected chi connectivity index (χ2v) is 11.3. The maximum absolute atomic E-state index is 13.8. The first-order valence-electron chi connectivity index (χ1n) is 13.9. The van der Waals surface area contributed by atoms with Crippen LogP contribution in [0.1, 0.15) is 83.4 Å². The van der Waals surface area contributed by atoms with Crippen LogP contribution in [0.15, 0.2) is 36.5 Å². The van der Waals surface area contributed by atoms with Gasteiger partial charge in [0, 0.05) is 47.7 Å². The van der Waals surface area contributed by atoms with E-state index in [1.807, 2.05) is 16.8 Å². The van der Waals surface area contributed by atoms with E-state index in [1.165, 1.54) is 6.07 Å². The molecule has 0 spiro atoms. The molecule has 3 fully saturated rings. The van der Waals surface area contributed by atoms with Gasteiger partial charge in [0.1, 0.15) is 11.9 Å². The molecule has 4 aliphatic rings. The predicted molar refractivity (Wildman–Crippen MR) is 143 cm³/mol. The summed E-state index contributed by atoms with van der Waals surface area (Å²) < 4.78 is 15.8. The molecule has 8 nitrogen and oxygen atoms in total. The van der Waals surface area contributed by atoms with Gasteiger partial charge in [-0.05, 0) is 74.9 Å². The molecule has 3 aromatic rings. The molecule has 0 radical (unpaired) electrons. The van der Waals surface area contributed by atoms with E-state index in [1.54, 1.807) is 24.0 Å². The molecule has 1 aromatic carbocycles. The largest absolute Gasteiger partial charge is 0.322 e. The second-order valence-electron chi connectivity index (χ2n) is 11.3. The van der Waals surface area contributed by atoms with Gasteiger partial charge in [-0.25, -0.2) is 9.37 Å². The topological polar surface area (TPSA) is 97.2 Å². The minimum absolute atomic E-state index is 0.180. The van der Waals surface area contributed by atoms with Crippen molar-refractivity contribution in [3.05, 3.63) is 70.4 Å². The summed E-state index contributed by atoms with van der Waals surface area (Å²) in [6.45, 7) is 2.03. The number of amides is 3. The Balaban J connectivity index is 1.02. The molecular formula is C31H28FN5O3. The fourth-order valence-corrected chi connectivity index (χ4v) is 5.90. The van der Waals surface area contributed by atoms with Crippen LogP contribution in [-0.2, 0) is 16.1 Å². The average molecular weight is 538 g/mol. The number of carbonyl (C=O) groups is 3. The van der Waals surface area contributed by atoms with Crippen molar-refractivity contribution in [2.75, 3.05) is 0 Å². The number of aromatic nitrogens is 3. The molecule has 1 saturated heterocycles. The monoisotopic (exact) mass is 537 g/mol. The van der Waals surface area contributed by atoms with Crippen molar-refractivity contribution in [2.24, 2.45) is 5.92 Å². The third-order valence-electron chi connectivity index (χ3n) is 8.45. The van der Waals surface area contributed by atoms with Gasteiger partial charge in [0.15, 0.2) is 0 Å². The third kappa shape index (κ3) is 4.37. The Morgan fingerprint density at radius 3 is 2.62 bits per heavy atom. The van der Waals surface area contributed by atoms with Gasteiger partial charge >= 0.3 is 0 Å². The lowest BCUT2D eigenvalue weighted by atomic mass is 9.80. The highest BCUT2D eigenvalue weighted by Gasteiger charge is 2.39. The molecule has 9 heteroatoms. The zero-order valence-electron chi connectivity index (χ0n) is 22.1. The first-order valence-corrected chi connectivity index (χ1v) is 13.9. The summed E-state index contributed by atoms with van der Waals surface area (Å²) in [4.78, 5) is 42.7. The number of pyridine rings is 1. The van der Waals surface area contributed by atoms with E-state index in [-0.39, 0.29) is 36.0 Å². The van der Waals surface area contributed by atoms with E-state index in [4.69, 9.17) is 5.10 Å². The van der Waals surface area contributed by atoms with Crippen LogP contribution in [0.3, 0.4) is 0 Å². The van der Waals surface area contributed by atoms with Crippen molar-refractivity contribution in [3.63, 3.8) is 0 Å². The van der Waals surface area contributed by atoms with E-state index in [0.29, 0.717) is 30.1 Å². The SMILES string of the molecule is Cc1nc(-c2cn(C3CC(C#Cc4ccc5c(c4)CN(C4CCC(=O)NC4=O)C5=O)C3)nc2C2CC2)ccc1F. The minimum atomic E-state index is -0.620. The summed E-state index contributed by atoms with van der Waals surface area (Å²) in [7, 11) is 0. The molecule has 0 bridgehead atoms. The van der Waals surface area contributed by atoms with E-state index in [0.717, 1.165) is 53.8 Å². The highest BCUT2D eigenvalue weighted by atomic mass is 19.1. The van der Waals surface area contributed by atoms with Crippen LogP contribution in [0.2, 0.25) is 0 Å². The maximum atomic E-state index is 13.8. The fraction of sp³-hybridized carbons (Fsp3) is 0.387. The standard InChI is InChI=1S/C31H28FN5O3/c1-17-25(32)8-9-26(33-17)24-16-37(35-29(24)20-5-6-20)22-13-19(14-22)3-2-18-4-7-23-21(12-18)15-36(31(23)40)27-10-11-28(38)34-30(27)39/h4,7-9,12,16,19-20,22,27H,5-6,10-11,13-15H2,1H3,(H,34,38,39). The zero-order chi connectivity index (χ0) is 27.5. The third-order valence-corrected chi connectivity index (χ3v) is 8.45. The molecule has 202 valence electrons. The molecule has 4 heterocycles. The lowest BCUT2D eigenvalue weighted by molar-refractivity contribution is -0.136. The minimum Gasteiger partial charge on any atom is -0.322 e. The van der Waals surface area contributed by atoms with Crippen molar-refractivity contribution < 1.29 is 18.8 Å². The number of nitrogens with zero attached hydrogens (tertiary/aromatic N) is 4. The molecule has 2 saturated carbocycles. The van der Waals surface area contributed by atoms with Gasteiger partial charge in [0.2, 0.25) is 11.8 Å². The molecule has 1 unspecified atom stereocenters. The molecule has 2 aliphatic carbocycles. The van der Waals surface area contributed by atoms with Gasteiger partial charge in [-0.2, -0.15) is 5.10 Å². The number of nitrogens with one attached hydrogen (secondary N) is 1. The second kappa shape index (κ2) is 9.40. The normalized spacial score (nSPS) is 23.8. The Hall–Kier alpha value is -4.32. The van der Waals surface area contributed by atoms with Gasteiger partial charge in [-0.3, -0.25) is 24.4 Å². The molecular weight excluding hydrogens is 509 g/mol. The van der Waals surface area contributed by atoms with Gasteiger partial charge in [0.05, 0.1) is 23.1 Å². The summed E-state index contributed by atoms with van der Waals surface area (Å²) in [6, 6.07) is 8.43. The number of fused-ring (bicyclic) bond motifs is 1. The molecule has 2 aliphatic heterocycles. The van der Waals surface area contributed by atoms with Crippen LogP contribution in [0, 0.1) is 30.5 Å². The van der Waals surface area contributed by atoms with Crippen LogP contribution >= 0.6 is 0 Å². The summed E-state index contributed by atoms with van der Waals surface area (Å²) in [6.07, 6.45) is 6.70. The molecule has 2 aromatic heterocycles. The van der Waals surface area contributed by atoms with E-state index in [9.17, 15) is 18.8 Å². The Labute approximate surface area is 231 Å². The molecule has 7 rings (SSSR count). The molecule has 1 atom stereocenters. The Morgan fingerprint density at radius 1 is 1.05 bits per heavy atom. The highest BCUT2D eigenvalue weighted by Crippen LogP contribution is 2.45. The van der Waals surface area contributed by atoms with Crippen molar-refractivity contribution in [1.29, 1.82) is 0 Å². The van der Waals surface area contributed by atoms with Gasteiger partial charge in [-0.1, -0.05) is 11.8 Å². The summed E-state index contributed by atoms with van der Waals surface area (Å²) in [5.41, 5.74) is 5.51. The number of rotatable bonds is 4. The highest BCUT2D eigenvalue weighted by molar-refractivity contribution is 6.05. The van der Waals surface area contributed by atoms with Gasteiger partial charge < -0.3 is 4.90 Å². The predicted octanol–water partition coefficient (Wildman–Crippen LogP) is 4.03. The zero-order valence-corrected chi connectivity index (χ0v) is 22.1. The number of hydrogen-bond acceptors (Lipinski definition) is 5. The molecule has 3 amide bonds. The van der Waals surface area contributed by atoms with Crippen molar-refractivity contribution in [2.45, 2.75) is 70.0 Å². The number of hydrogen-bond donors (Lipinski definition) is 1. The Bertz CT molecular complexity index is 1640. The van der Waals surface area contributed by atoms with E-state index >= 15 is 0 Å². The smallest absolute Gasteiger partial charge is 0.255 e. The number of halogens is 1. The first kappa shape index (κ1) is 24.7. The average Bonchev–Trinajstić information content (AvgIpc) is 3.58. The Kier molecular flexibility index (Phi) is 5.81. The van der Waals surface area contributed by atoms with Gasteiger partial charge in [0.25, 0.3) is 5.91 Å². The van der Waals surface area contributed by atoms with E-state index < -0.39 is 11.9 Å². The van der Waals surface area contributed by atoms with Crippen LogP contribution in [0.4, 0.5) is 4.39 Å². The van der Waals surface area contributed by atoms with Crippen molar-refractivity contribution in [1.82, 2.24) is 25.0 Å². The number of piperidine rings is 1. The lowest BCUT2D eigenvalue weighted by Crippen LogP contribution is -2.52. The molecule has 1 N–H and O–H groups in total. The fourth-order valence-electron chi connectivity index (χ4n) is 5.90. The van der Waals surface area contributed by atoms with Crippen LogP contribution in [0.25, 0.3) is 11.3 Å². The molecule has 40 heavy (non-hydrogen) atoms. The lowest BCUT2D eigenvalue weighted by Gasteiger charge is -2.32. The summed E-state index contributed by atoms with van der Waals surface area (Å²) >= 11 is 0. The number of imide groups is 1. The van der Waals surface area contributed by atoms with Crippen LogP contribution in [0.5, 0.6) is 0 Å². The van der Waals surface area contributed by atoms with Crippen molar-refractivity contribution >= 4 is 17.7 Å². The van der Waals surface area contributed by atoms with Crippen LogP contribution in [-0.4, -0.2) is 43.4 Å². The van der Waals surface area contributed by atoms with Gasteiger partial charge in [-0.15, -0.1) is 0 Å². The quantitative estimate of drug-likeness (QED) is 0.400. The number of aryl methyl sites for hydroxylation is 1. The van der Waals surface area contributed by atoms with E-state index in [2.05, 4.69) is 28.3 Å². The summed E-state index contributed by atoms with van der Waals surface area (Å²) in [5, 5.41) is 7.26. The first-order chi connectivity index (χ1) is 19.3. The van der Waals surface area contributed by atoms with Crippen LogP contribution < -0.4 is 5.32 Å². The number of benzene rings is 1.